The summed E-state index contributed by atoms with van der Waals surface area (Å²) < 4.78 is 7.78. The highest BCUT2D eigenvalue weighted by molar-refractivity contribution is 5.30. The Kier molecular flexibility index (Phi) is 6.21. The van der Waals surface area contributed by atoms with Crippen LogP contribution in [0.1, 0.15) is 49.3 Å². The first-order valence-electron chi connectivity index (χ1n) is 8.55. The van der Waals surface area contributed by atoms with Gasteiger partial charge in [0, 0.05) is 30.4 Å². The molecule has 0 spiro atoms. The van der Waals surface area contributed by atoms with Crippen molar-refractivity contribution in [2.45, 2.75) is 53.8 Å². The smallest absolute Gasteiger partial charge is 0.120 e. The summed E-state index contributed by atoms with van der Waals surface area (Å²) in [6.07, 6.45) is 0. The Balaban J connectivity index is 2.01. The Bertz CT molecular complexity index is 703. The minimum atomic E-state index is 0.255. The second-order valence-corrected chi connectivity index (χ2v) is 6.40. The van der Waals surface area contributed by atoms with Crippen LogP contribution in [-0.2, 0) is 13.1 Å². The number of hydrogen-bond donors (Lipinski definition) is 1. The highest BCUT2D eigenvalue weighted by Crippen LogP contribution is 2.22. The largest absolute Gasteiger partial charge is 0.489 e. The van der Waals surface area contributed by atoms with E-state index < -0.39 is 0 Å². The van der Waals surface area contributed by atoms with E-state index in [1.165, 1.54) is 16.8 Å². The standard InChI is InChI=1S/C20H29N3O/c1-7-23-17(6)20(16(5)22-23)15(4)21-12-18-9-8-10-19(11-18)24-13-14(2)3/h8-11,15,21H,2,7,12-13H2,1,3-6H3/t15-/m0/s1. The third-order valence-electron chi connectivity index (χ3n) is 4.17. The highest BCUT2D eigenvalue weighted by Gasteiger charge is 2.16. The van der Waals surface area contributed by atoms with Gasteiger partial charge >= 0.3 is 0 Å². The maximum Gasteiger partial charge on any atom is 0.120 e. The molecule has 1 aromatic heterocycles. The van der Waals surface area contributed by atoms with Crippen molar-refractivity contribution in [1.82, 2.24) is 15.1 Å². The molecule has 1 aromatic carbocycles. The van der Waals surface area contributed by atoms with Crippen molar-refractivity contribution in [2.75, 3.05) is 6.61 Å². The molecule has 1 heterocycles. The number of benzene rings is 1. The van der Waals surface area contributed by atoms with Crippen molar-refractivity contribution < 1.29 is 4.74 Å². The molecule has 0 aliphatic carbocycles. The molecule has 24 heavy (non-hydrogen) atoms. The molecule has 1 atom stereocenters. The first kappa shape index (κ1) is 18.3. The Morgan fingerprint density at radius 3 is 2.75 bits per heavy atom. The highest BCUT2D eigenvalue weighted by atomic mass is 16.5. The van der Waals surface area contributed by atoms with Gasteiger partial charge in [0.05, 0.1) is 5.69 Å². The molecule has 2 rings (SSSR count). The molecule has 0 amide bonds. The quantitative estimate of drug-likeness (QED) is 0.734. The lowest BCUT2D eigenvalue weighted by Gasteiger charge is -2.15. The molecule has 0 saturated heterocycles. The van der Waals surface area contributed by atoms with Crippen molar-refractivity contribution >= 4 is 0 Å². The summed E-state index contributed by atoms with van der Waals surface area (Å²) in [5, 5.41) is 8.21. The van der Waals surface area contributed by atoms with Crippen molar-refractivity contribution in [2.24, 2.45) is 0 Å². The second kappa shape index (κ2) is 8.15. The molecule has 0 fully saturated rings. The summed E-state index contributed by atoms with van der Waals surface area (Å²) in [5.74, 6) is 0.885. The lowest BCUT2D eigenvalue weighted by Crippen LogP contribution is -2.19. The van der Waals surface area contributed by atoms with E-state index in [1.54, 1.807) is 0 Å². The van der Waals surface area contributed by atoms with Gasteiger partial charge in [-0.25, -0.2) is 0 Å². The fourth-order valence-electron chi connectivity index (χ4n) is 2.97. The van der Waals surface area contributed by atoms with Gasteiger partial charge in [-0.1, -0.05) is 18.7 Å². The van der Waals surface area contributed by atoms with E-state index >= 15 is 0 Å². The fourth-order valence-corrected chi connectivity index (χ4v) is 2.97. The van der Waals surface area contributed by atoms with Gasteiger partial charge < -0.3 is 10.1 Å². The predicted molar refractivity (Wildman–Crippen MR) is 99.4 cm³/mol. The summed E-state index contributed by atoms with van der Waals surface area (Å²) in [6.45, 7) is 16.6. The zero-order valence-electron chi connectivity index (χ0n) is 15.5. The normalized spacial score (nSPS) is 12.2. The maximum absolute atomic E-state index is 5.71. The first-order chi connectivity index (χ1) is 11.4. The SMILES string of the molecule is C=C(C)COc1cccc(CN[C@@H](C)c2c(C)nn(CC)c2C)c1. The topological polar surface area (TPSA) is 39.1 Å². The van der Waals surface area contributed by atoms with Crippen LogP contribution >= 0.6 is 0 Å². The summed E-state index contributed by atoms with van der Waals surface area (Å²) in [6, 6.07) is 8.46. The zero-order chi connectivity index (χ0) is 17.7. The Labute approximate surface area is 145 Å². The van der Waals surface area contributed by atoms with Crippen LogP contribution < -0.4 is 10.1 Å². The summed E-state index contributed by atoms with van der Waals surface area (Å²) in [5.41, 5.74) is 5.87. The van der Waals surface area contributed by atoms with Crippen molar-refractivity contribution in [3.63, 3.8) is 0 Å². The van der Waals surface area contributed by atoms with Gasteiger partial charge in [-0.05, 0) is 57.9 Å². The van der Waals surface area contributed by atoms with Gasteiger partial charge in [0.2, 0.25) is 0 Å². The number of rotatable bonds is 8. The number of nitrogens with one attached hydrogen (secondary N) is 1. The molecule has 0 aliphatic heterocycles. The Morgan fingerprint density at radius 2 is 2.12 bits per heavy atom. The Hall–Kier alpha value is -2.07. The Morgan fingerprint density at radius 1 is 1.38 bits per heavy atom. The molecule has 1 N–H and O–H groups in total. The van der Waals surface area contributed by atoms with E-state index in [1.807, 2.05) is 19.1 Å². The average molecular weight is 327 g/mol. The predicted octanol–water partition coefficient (Wildman–Crippen LogP) is 4.33. The molecule has 2 aromatic rings. The lowest BCUT2D eigenvalue weighted by atomic mass is 10.1. The van der Waals surface area contributed by atoms with Gasteiger partial charge in [-0.2, -0.15) is 5.10 Å². The van der Waals surface area contributed by atoms with Crippen LogP contribution in [0.2, 0.25) is 0 Å². The molecule has 0 unspecified atom stereocenters. The third kappa shape index (κ3) is 4.48. The van der Waals surface area contributed by atoms with Gasteiger partial charge in [0.15, 0.2) is 0 Å². The van der Waals surface area contributed by atoms with Gasteiger partial charge in [-0.15, -0.1) is 0 Å². The van der Waals surface area contributed by atoms with Crippen molar-refractivity contribution in [3.05, 3.63) is 58.9 Å². The summed E-state index contributed by atoms with van der Waals surface area (Å²) in [7, 11) is 0. The molecule has 4 nitrogen and oxygen atoms in total. The van der Waals surface area contributed by atoms with Gasteiger partial charge in [-0.3, -0.25) is 4.68 Å². The molecule has 130 valence electrons. The van der Waals surface area contributed by atoms with E-state index in [0.717, 1.165) is 30.1 Å². The van der Waals surface area contributed by atoms with Gasteiger partial charge in [0.1, 0.15) is 12.4 Å². The monoisotopic (exact) mass is 327 g/mol. The lowest BCUT2D eigenvalue weighted by molar-refractivity contribution is 0.352. The van der Waals surface area contributed by atoms with E-state index in [2.05, 4.69) is 61.5 Å². The van der Waals surface area contributed by atoms with Crippen molar-refractivity contribution in [3.8, 4) is 5.75 Å². The number of aryl methyl sites for hydroxylation is 2. The van der Waals surface area contributed by atoms with Crippen LogP contribution in [0, 0.1) is 13.8 Å². The summed E-state index contributed by atoms with van der Waals surface area (Å²) in [4.78, 5) is 0. The van der Waals surface area contributed by atoms with Crippen LogP contribution in [-0.4, -0.2) is 16.4 Å². The first-order valence-corrected chi connectivity index (χ1v) is 8.55. The van der Waals surface area contributed by atoms with E-state index in [9.17, 15) is 0 Å². The maximum atomic E-state index is 5.71. The molecular formula is C20H29N3O. The van der Waals surface area contributed by atoms with E-state index in [0.29, 0.717) is 6.61 Å². The minimum absolute atomic E-state index is 0.255. The van der Waals surface area contributed by atoms with Crippen LogP contribution in [0.5, 0.6) is 5.75 Å². The van der Waals surface area contributed by atoms with Crippen LogP contribution in [0.4, 0.5) is 0 Å². The van der Waals surface area contributed by atoms with E-state index in [-0.39, 0.29) is 6.04 Å². The molecule has 0 aliphatic rings. The molecular weight excluding hydrogens is 298 g/mol. The average Bonchev–Trinajstić information content (AvgIpc) is 2.85. The van der Waals surface area contributed by atoms with Crippen molar-refractivity contribution in [1.29, 1.82) is 0 Å². The number of aromatic nitrogens is 2. The van der Waals surface area contributed by atoms with Crippen LogP contribution in [0.3, 0.4) is 0 Å². The number of ether oxygens (including phenoxy) is 1. The minimum Gasteiger partial charge on any atom is -0.489 e. The molecule has 0 bridgehead atoms. The third-order valence-corrected chi connectivity index (χ3v) is 4.17. The van der Waals surface area contributed by atoms with Crippen LogP contribution in [0.15, 0.2) is 36.4 Å². The molecule has 4 heteroatoms. The van der Waals surface area contributed by atoms with E-state index in [4.69, 9.17) is 4.74 Å². The molecule has 0 radical (unpaired) electrons. The number of nitrogens with zero attached hydrogens (tertiary/aromatic N) is 2. The van der Waals surface area contributed by atoms with Gasteiger partial charge in [0.25, 0.3) is 0 Å². The molecule has 0 saturated carbocycles. The zero-order valence-corrected chi connectivity index (χ0v) is 15.5. The summed E-state index contributed by atoms with van der Waals surface area (Å²) >= 11 is 0. The van der Waals surface area contributed by atoms with Crippen LogP contribution in [0.25, 0.3) is 0 Å². The second-order valence-electron chi connectivity index (χ2n) is 6.40. The number of hydrogen-bond acceptors (Lipinski definition) is 3. The fraction of sp³-hybridized carbons (Fsp3) is 0.450.